The lowest BCUT2D eigenvalue weighted by molar-refractivity contribution is -0.124. The van der Waals surface area contributed by atoms with Gasteiger partial charge in [0.05, 0.1) is 17.9 Å². The third-order valence-corrected chi connectivity index (χ3v) is 4.99. The second-order valence-electron chi connectivity index (χ2n) is 8.09. The van der Waals surface area contributed by atoms with Gasteiger partial charge in [0.2, 0.25) is 0 Å². The van der Waals surface area contributed by atoms with E-state index in [0.29, 0.717) is 17.3 Å². The van der Waals surface area contributed by atoms with Crippen LogP contribution in [0, 0.1) is 11.2 Å². The summed E-state index contributed by atoms with van der Waals surface area (Å²) in [6.07, 6.45) is 8.12. The van der Waals surface area contributed by atoms with Crippen molar-refractivity contribution in [3.63, 3.8) is 0 Å². The van der Waals surface area contributed by atoms with Gasteiger partial charge in [-0.15, -0.1) is 0 Å². The zero-order chi connectivity index (χ0) is 21.1. The molecule has 2 aromatic heterocycles. The number of ether oxygens (including phenoxy) is 1. The molecule has 1 aromatic carbocycles. The summed E-state index contributed by atoms with van der Waals surface area (Å²) in [6, 6.07) is 5.34. The van der Waals surface area contributed by atoms with E-state index in [-0.39, 0.29) is 29.8 Å². The molecule has 1 atom stereocenters. The van der Waals surface area contributed by atoms with Crippen LogP contribution in [-0.2, 0) is 11.2 Å². The molecule has 0 fully saturated rings. The second kappa shape index (κ2) is 8.14. The minimum atomic E-state index is -0.353. The van der Waals surface area contributed by atoms with E-state index in [1.165, 1.54) is 24.3 Å². The Morgan fingerprint density at radius 1 is 1.20 bits per heavy atom. The molecule has 1 N–H and O–H groups in total. The number of halogens is 1. The van der Waals surface area contributed by atoms with Gasteiger partial charge in [-0.25, -0.2) is 19.3 Å². The Hall–Kier alpha value is -3.42. The van der Waals surface area contributed by atoms with Gasteiger partial charge in [0.15, 0.2) is 12.4 Å². The highest BCUT2D eigenvalue weighted by atomic mass is 19.1. The summed E-state index contributed by atoms with van der Waals surface area (Å²) < 4.78 is 18.4. The normalized spacial score (nSPS) is 17.1. The standard InChI is InChI=1S/C22H22FN5O2/c1-22(2)9-17(27-20(29)13-30-15-5-3-14(23)4-6-15)16-11-26-21(28-18(16)10-22)19-12-24-7-8-25-19/h3-8,11-12,17H,9-10,13H2,1-2H3,(H,27,29)/t17-/m1/s1. The molecule has 0 spiro atoms. The summed E-state index contributed by atoms with van der Waals surface area (Å²) in [5, 5.41) is 3.03. The van der Waals surface area contributed by atoms with Gasteiger partial charge < -0.3 is 10.1 Å². The lowest BCUT2D eigenvalue weighted by atomic mass is 9.74. The highest BCUT2D eigenvalue weighted by Crippen LogP contribution is 2.40. The van der Waals surface area contributed by atoms with Crippen molar-refractivity contribution in [2.24, 2.45) is 5.41 Å². The number of nitrogens with zero attached hydrogens (tertiary/aromatic N) is 4. The van der Waals surface area contributed by atoms with Crippen LogP contribution in [0.15, 0.2) is 49.1 Å². The maximum Gasteiger partial charge on any atom is 0.258 e. The zero-order valence-corrected chi connectivity index (χ0v) is 16.8. The summed E-state index contributed by atoms with van der Waals surface area (Å²) >= 11 is 0. The van der Waals surface area contributed by atoms with Crippen molar-refractivity contribution in [3.05, 3.63) is 66.1 Å². The molecular weight excluding hydrogens is 385 g/mol. The summed E-state index contributed by atoms with van der Waals surface area (Å²) in [7, 11) is 0. The predicted molar refractivity (Wildman–Crippen MR) is 108 cm³/mol. The van der Waals surface area contributed by atoms with E-state index in [9.17, 15) is 9.18 Å². The minimum Gasteiger partial charge on any atom is -0.484 e. The maximum atomic E-state index is 13.0. The Bertz CT molecular complexity index is 1040. The topological polar surface area (TPSA) is 89.9 Å². The molecule has 0 saturated heterocycles. The van der Waals surface area contributed by atoms with Gasteiger partial charge in [-0.05, 0) is 42.5 Å². The fourth-order valence-electron chi connectivity index (χ4n) is 3.63. The molecule has 154 valence electrons. The Morgan fingerprint density at radius 2 is 2.00 bits per heavy atom. The van der Waals surface area contributed by atoms with E-state index in [2.05, 4.69) is 34.1 Å². The molecule has 8 heteroatoms. The second-order valence-corrected chi connectivity index (χ2v) is 8.09. The summed E-state index contributed by atoms with van der Waals surface area (Å²) in [6.45, 7) is 4.14. The van der Waals surface area contributed by atoms with E-state index >= 15 is 0 Å². The predicted octanol–water partition coefficient (Wildman–Crippen LogP) is 3.28. The molecule has 0 saturated carbocycles. The highest BCUT2D eigenvalue weighted by Gasteiger charge is 2.34. The van der Waals surface area contributed by atoms with E-state index < -0.39 is 0 Å². The van der Waals surface area contributed by atoms with Gasteiger partial charge in [0.1, 0.15) is 17.3 Å². The number of amides is 1. The molecule has 1 aliphatic rings. The molecule has 7 nitrogen and oxygen atoms in total. The number of carbonyl (C=O) groups is 1. The van der Waals surface area contributed by atoms with Crippen LogP contribution in [0.25, 0.3) is 11.5 Å². The molecule has 1 amide bonds. The third-order valence-electron chi connectivity index (χ3n) is 4.99. The largest absolute Gasteiger partial charge is 0.484 e. The van der Waals surface area contributed by atoms with Gasteiger partial charge in [0, 0.05) is 24.2 Å². The molecule has 3 aromatic rings. The first-order valence-electron chi connectivity index (χ1n) is 9.69. The van der Waals surface area contributed by atoms with Crippen LogP contribution in [0.2, 0.25) is 0 Å². The highest BCUT2D eigenvalue weighted by molar-refractivity contribution is 5.78. The van der Waals surface area contributed by atoms with E-state index in [0.717, 1.165) is 24.1 Å². The van der Waals surface area contributed by atoms with E-state index in [4.69, 9.17) is 9.72 Å². The van der Waals surface area contributed by atoms with Crippen LogP contribution in [-0.4, -0.2) is 32.4 Å². The van der Waals surface area contributed by atoms with Gasteiger partial charge in [-0.3, -0.25) is 9.78 Å². The number of benzene rings is 1. The van der Waals surface area contributed by atoms with Gasteiger partial charge in [0.25, 0.3) is 5.91 Å². The minimum absolute atomic E-state index is 0.0449. The quantitative estimate of drug-likeness (QED) is 0.698. The number of rotatable bonds is 5. The number of hydrogen-bond donors (Lipinski definition) is 1. The summed E-state index contributed by atoms with van der Waals surface area (Å²) in [5.74, 6) is 0.344. The van der Waals surface area contributed by atoms with Crippen molar-refractivity contribution in [3.8, 4) is 17.3 Å². The van der Waals surface area contributed by atoms with Crippen LogP contribution < -0.4 is 10.1 Å². The number of aromatic nitrogens is 4. The lowest BCUT2D eigenvalue weighted by Crippen LogP contribution is -2.39. The monoisotopic (exact) mass is 407 g/mol. The molecule has 2 heterocycles. The molecular formula is C22H22FN5O2. The van der Waals surface area contributed by atoms with E-state index in [1.807, 2.05) is 0 Å². The molecule has 0 aliphatic heterocycles. The maximum absolute atomic E-state index is 13.0. The van der Waals surface area contributed by atoms with Crippen molar-refractivity contribution in [1.82, 2.24) is 25.3 Å². The fraction of sp³-hybridized carbons (Fsp3) is 0.318. The SMILES string of the molecule is CC1(C)Cc2nc(-c3cnccn3)ncc2[C@H](NC(=O)COc2ccc(F)cc2)C1. The van der Waals surface area contributed by atoms with Crippen LogP contribution >= 0.6 is 0 Å². The van der Waals surface area contributed by atoms with Crippen molar-refractivity contribution in [2.45, 2.75) is 32.7 Å². The first kappa shape index (κ1) is 19.9. The molecule has 30 heavy (non-hydrogen) atoms. The first-order valence-corrected chi connectivity index (χ1v) is 9.69. The number of nitrogens with one attached hydrogen (secondary N) is 1. The van der Waals surface area contributed by atoms with Crippen LogP contribution in [0.3, 0.4) is 0 Å². The van der Waals surface area contributed by atoms with Crippen molar-refractivity contribution < 1.29 is 13.9 Å². The third kappa shape index (κ3) is 4.59. The smallest absolute Gasteiger partial charge is 0.258 e. The van der Waals surface area contributed by atoms with Gasteiger partial charge in [-0.1, -0.05) is 13.8 Å². The van der Waals surface area contributed by atoms with Crippen molar-refractivity contribution in [1.29, 1.82) is 0 Å². The number of fused-ring (bicyclic) bond motifs is 1. The average molecular weight is 407 g/mol. The molecule has 0 radical (unpaired) electrons. The summed E-state index contributed by atoms with van der Waals surface area (Å²) in [4.78, 5) is 30.0. The molecule has 0 unspecified atom stereocenters. The van der Waals surface area contributed by atoms with Crippen LogP contribution in [0.1, 0.15) is 37.6 Å². The zero-order valence-electron chi connectivity index (χ0n) is 16.8. The van der Waals surface area contributed by atoms with Crippen LogP contribution in [0.4, 0.5) is 4.39 Å². The lowest BCUT2D eigenvalue weighted by Gasteiger charge is -2.36. The Morgan fingerprint density at radius 3 is 2.73 bits per heavy atom. The first-order chi connectivity index (χ1) is 14.4. The number of carbonyl (C=O) groups excluding carboxylic acids is 1. The number of hydrogen-bond acceptors (Lipinski definition) is 6. The van der Waals surface area contributed by atoms with E-state index in [1.54, 1.807) is 24.8 Å². The molecule has 0 bridgehead atoms. The van der Waals surface area contributed by atoms with Gasteiger partial charge >= 0.3 is 0 Å². The van der Waals surface area contributed by atoms with Crippen LogP contribution in [0.5, 0.6) is 5.75 Å². The fourth-order valence-corrected chi connectivity index (χ4v) is 3.63. The van der Waals surface area contributed by atoms with Crippen molar-refractivity contribution >= 4 is 5.91 Å². The Kier molecular flexibility index (Phi) is 5.39. The van der Waals surface area contributed by atoms with Crippen molar-refractivity contribution in [2.75, 3.05) is 6.61 Å². The average Bonchev–Trinajstić information content (AvgIpc) is 2.73. The molecule has 4 rings (SSSR count). The Labute approximate surface area is 173 Å². The summed E-state index contributed by atoms with van der Waals surface area (Å²) in [5.41, 5.74) is 2.36. The Balaban J connectivity index is 1.50. The van der Waals surface area contributed by atoms with Gasteiger partial charge in [-0.2, -0.15) is 0 Å². The molecule has 1 aliphatic carbocycles.